The van der Waals surface area contributed by atoms with Gasteiger partial charge in [-0.05, 0) is 41.3 Å². The number of hydrogen-bond acceptors (Lipinski definition) is 5. The lowest BCUT2D eigenvalue weighted by Crippen LogP contribution is -2.39. The number of likely N-dealkylation sites (N-methyl/N-ethyl adjacent to an activating group) is 1. The van der Waals surface area contributed by atoms with Gasteiger partial charge in [0, 0.05) is 32.4 Å². The van der Waals surface area contributed by atoms with Gasteiger partial charge in [-0.3, -0.25) is 14.5 Å². The standard InChI is InChI=1S/C24H26N4O3/c1-27(24(31)11-16-5-6-18-12-23(30)26-21(18)10-16)22(15-28-8-7-20(29)14-28)19-4-2-3-17(9-19)13-25/h2-6,9-10,20,22,29H,7-8,11-12,14-15H2,1H3,(H,26,30)/t20?,22-/m1/s1. The van der Waals surface area contributed by atoms with Crippen molar-refractivity contribution in [1.82, 2.24) is 9.80 Å². The Labute approximate surface area is 181 Å². The molecule has 0 spiro atoms. The highest BCUT2D eigenvalue weighted by atomic mass is 16.3. The van der Waals surface area contributed by atoms with E-state index in [0.29, 0.717) is 25.1 Å². The number of rotatable bonds is 6. The summed E-state index contributed by atoms with van der Waals surface area (Å²) in [5.74, 6) is -0.0720. The molecule has 2 heterocycles. The molecule has 0 aliphatic carbocycles. The molecule has 2 aliphatic rings. The number of carbonyl (C=O) groups is 2. The van der Waals surface area contributed by atoms with Crippen LogP contribution in [0.2, 0.25) is 0 Å². The van der Waals surface area contributed by atoms with Crippen molar-refractivity contribution < 1.29 is 14.7 Å². The monoisotopic (exact) mass is 418 g/mol. The number of nitrogens with zero attached hydrogens (tertiary/aromatic N) is 3. The van der Waals surface area contributed by atoms with E-state index in [0.717, 1.165) is 35.3 Å². The van der Waals surface area contributed by atoms with Gasteiger partial charge in [-0.2, -0.15) is 5.26 Å². The molecule has 2 aliphatic heterocycles. The van der Waals surface area contributed by atoms with Gasteiger partial charge in [0.25, 0.3) is 0 Å². The number of aliphatic hydroxyl groups is 1. The Morgan fingerprint density at radius 2 is 2.19 bits per heavy atom. The Kier molecular flexibility index (Phi) is 6.03. The molecule has 7 heteroatoms. The number of likely N-dealkylation sites (tertiary alicyclic amines) is 1. The van der Waals surface area contributed by atoms with Crippen molar-refractivity contribution in [2.45, 2.75) is 31.4 Å². The van der Waals surface area contributed by atoms with Gasteiger partial charge in [-0.1, -0.05) is 24.3 Å². The summed E-state index contributed by atoms with van der Waals surface area (Å²) in [6, 6.07) is 14.9. The van der Waals surface area contributed by atoms with Gasteiger partial charge in [0.05, 0.1) is 36.6 Å². The molecule has 2 aromatic carbocycles. The largest absolute Gasteiger partial charge is 0.392 e. The van der Waals surface area contributed by atoms with Crippen molar-refractivity contribution in [3.05, 3.63) is 64.7 Å². The average Bonchev–Trinajstić information content (AvgIpc) is 3.35. The van der Waals surface area contributed by atoms with E-state index >= 15 is 0 Å². The molecular formula is C24H26N4O3. The second kappa shape index (κ2) is 8.88. The molecule has 0 aromatic heterocycles. The van der Waals surface area contributed by atoms with Crippen LogP contribution < -0.4 is 5.32 Å². The first-order chi connectivity index (χ1) is 14.9. The molecule has 160 valence electrons. The van der Waals surface area contributed by atoms with E-state index in [1.807, 2.05) is 36.4 Å². The van der Waals surface area contributed by atoms with Gasteiger partial charge in [0.15, 0.2) is 0 Å². The summed E-state index contributed by atoms with van der Waals surface area (Å²) in [5.41, 5.74) is 4.03. The number of carbonyl (C=O) groups excluding carboxylic acids is 2. The van der Waals surface area contributed by atoms with Gasteiger partial charge in [-0.25, -0.2) is 0 Å². The van der Waals surface area contributed by atoms with Crippen LogP contribution in [-0.4, -0.2) is 59.5 Å². The molecule has 7 nitrogen and oxygen atoms in total. The van der Waals surface area contributed by atoms with E-state index in [1.54, 1.807) is 18.0 Å². The minimum atomic E-state index is -0.339. The fraction of sp³-hybridized carbons (Fsp3) is 0.375. The van der Waals surface area contributed by atoms with Gasteiger partial charge < -0.3 is 15.3 Å². The molecule has 1 fully saturated rings. The van der Waals surface area contributed by atoms with Crippen molar-refractivity contribution in [3.8, 4) is 6.07 Å². The highest BCUT2D eigenvalue weighted by Crippen LogP contribution is 2.27. The van der Waals surface area contributed by atoms with Crippen molar-refractivity contribution in [3.63, 3.8) is 0 Å². The van der Waals surface area contributed by atoms with Crippen LogP contribution in [-0.2, 0) is 22.4 Å². The number of benzene rings is 2. The zero-order valence-corrected chi connectivity index (χ0v) is 17.5. The highest BCUT2D eigenvalue weighted by molar-refractivity contribution is 5.99. The van der Waals surface area contributed by atoms with E-state index in [2.05, 4.69) is 16.3 Å². The lowest BCUT2D eigenvalue weighted by Gasteiger charge is -2.32. The van der Waals surface area contributed by atoms with Gasteiger partial charge in [-0.15, -0.1) is 0 Å². The normalized spacial score (nSPS) is 18.9. The predicted molar refractivity (Wildman–Crippen MR) is 116 cm³/mol. The first kappa shape index (κ1) is 21.0. The quantitative estimate of drug-likeness (QED) is 0.747. The summed E-state index contributed by atoms with van der Waals surface area (Å²) in [4.78, 5) is 28.7. The highest BCUT2D eigenvalue weighted by Gasteiger charge is 2.28. The van der Waals surface area contributed by atoms with Crippen LogP contribution in [0.4, 0.5) is 5.69 Å². The van der Waals surface area contributed by atoms with E-state index in [4.69, 9.17) is 0 Å². The first-order valence-corrected chi connectivity index (χ1v) is 10.5. The number of nitriles is 1. The van der Waals surface area contributed by atoms with Crippen LogP contribution in [0, 0.1) is 11.3 Å². The third-order valence-electron chi connectivity index (χ3n) is 6.09. The van der Waals surface area contributed by atoms with E-state index in [9.17, 15) is 20.0 Å². The fourth-order valence-electron chi connectivity index (χ4n) is 4.33. The summed E-state index contributed by atoms with van der Waals surface area (Å²) < 4.78 is 0. The average molecular weight is 418 g/mol. The Hall–Kier alpha value is -3.21. The molecule has 2 N–H and O–H groups in total. The molecule has 4 rings (SSSR count). The number of hydrogen-bond donors (Lipinski definition) is 2. The zero-order valence-electron chi connectivity index (χ0n) is 17.5. The molecule has 2 atom stereocenters. The maximum Gasteiger partial charge on any atom is 0.228 e. The van der Waals surface area contributed by atoms with Gasteiger partial charge >= 0.3 is 0 Å². The van der Waals surface area contributed by atoms with E-state index in [1.165, 1.54) is 0 Å². The zero-order chi connectivity index (χ0) is 22.0. The molecule has 1 unspecified atom stereocenters. The lowest BCUT2D eigenvalue weighted by atomic mass is 10.0. The van der Waals surface area contributed by atoms with Gasteiger partial charge in [0.1, 0.15) is 0 Å². The summed E-state index contributed by atoms with van der Waals surface area (Å²) in [7, 11) is 1.79. The second-order valence-electron chi connectivity index (χ2n) is 8.35. The Bertz CT molecular complexity index is 1050. The number of anilines is 1. The van der Waals surface area contributed by atoms with E-state index < -0.39 is 0 Å². The van der Waals surface area contributed by atoms with Crippen molar-refractivity contribution in [2.75, 3.05) is 32.0 Å². The Balaban J connectivity index is 1.53. The molecule has 2 aromatic rings. The number of fused-ring (bicyclic) bond motifs is 1. The number of aliphatic hydroxyl groups excluding tert-OH is 1. The molecule has 0 saturated carbocycles. The first-order valence-electron chi connectivity index (χ1n) is 10.5. The van der Waals surface area contributed by atoms with Crippen LogP contribution in [0.1, 0.15) is 34.7 Å². The molecule has 31 heavy (non-hydrogen) atoms. The summed E-state index contributed by atoms with van der Waals surface area (Å²) >= 11 is 0. The summed E-state index contributed by atoms with van der Waals surface area (Å²) in [6.07, 6.45) is 0.983. The minimum Gasteiger partial charge on any atom is -0.392 e. The minimum absolute atomic E-state index is 0.0270. The molecular weight excluding hydrogens is 392 g/mol. The van der Waals surface area contributed by atoms with Crippen molar-refractivity contribution in [1.29, 1.82) is 5.26 Å². The maximum absolute atomic E-state index is 13.2. The van der Waals surface area contributed by atoms with Crippen molar-refractivity contribution in [2.24, 2.45) is 0 Å². The molecule has 1 saturated heterocycles. The molecule has 0 bridgehead atoms. The number of nitrogens with one attached hydrogen (secondary N) is 1. The van der Waals surface area contributed by atoms with Crippen LogP contribution in [0.3, 0.4) is 0 Å². The number of β-amino-alcohol motifs (C(OH)–C–C–N with tert-alkyl or cyclic N) is 1. The Morgan fingerprint density at radius 1 is 1.35 bits per heavy atom. The predicted octanol–water partition coefficient (Wildman–Crippen LogP) is 1.86. The van der Waals surface area contributed by atoms with Crippen LogP contribution in [0.15, 0.2) is 42.5 Å². The van der Waals surface area contributed by atoms with Gasteiger partial charge in [0.2, 0.25) is 11.8 Å². The van der Waals surface area contributed by atoms with Crippen LogP contribution in [0.25, 0.3) is 0 Å². The lowest BCUT2D eigenvalue weighted by molar-refractivity contribution is -0.131. The van der Waals surface area contributed by atoms with E-state index in [-0.39, 0.29) is 30.4 Å². The fourth-order valence-corrected chi connectivity index (χ4v) is 4.33. The topological polar surface area (TPSA) is 96.7 Å². The summed E-state index contributed by atoms with van der Waals surface area (Å²) in [5, 5.41) is 22.0. The molecule has 0 radical (unpaired) electrons. The smallest absolute Gasteiger partial charge is 0.228 e. The molecule has 2 amide bonds. The summed E-state index contributed by atoms with van der Waals surface area (Å²) in [6.45, 7) is 1.96. The third kappa shape index (κ3) is 4.76. The second-order valence-corrected chi connectivity index (χ2v) is 8.35. The maximum atomic E-state index is 13.2. The third-order valence-corrected chi connectivity index (χ3v) is 6.09. The van der Waals surface area contributed by atoms with Crippen LogP contribution >= 0.6 is 0 Å². The number of amides is 2. The van der Waals surface area contributed by atoms with Crippen LogP contribution in [0.5, 0.6) is 0 Å². The SMILES string of the molecule is CN(C(=O)Cc1ccc2c(c1)NC(=O)C2)[C@H](CN1CCC(O)C1)c1cccc(C#N)c1. The Morgan fingerprint density at radius 3 is 2.94 bits per heavy atom. The van der Waals surface area contributed by atoms with Crippen molar-refractivity contribution >= 4 is 17.5 Å².